The first-order valence-corrected chi connectivity index (χ1v) is 9.06. The predicted octanol–water partition coefficient (Wildman–Crippen LogP) is 2.86. The molecular weight excluding hydrogens is 347 g/mol. The third-order valence-electron chi connectivity index (χ3n) is 5.34. The van der Waals surface area contributed by atoms with Crippen molar-refractivity contribution < 1.29 is 18.7 Å². The van der Waals surface area contributed by atoms with Crippen LogP contribution in [0.5, 0.6) is 5.75 Å². The van der Waals surface area contributed by atoms with Gasteiger partial charge in [-0.05, 0) is 36.8 Å². The highest BCUT2D eigenvalue weighted by Gasteiger charge is 2.48. The van der Waals surface area contributed by atoms with Gasteiger partial charge in [-0.15, -0.1) is 0 Å². The Morgan fingerprint density at radius 3 is 2.70 bits per heavy atom. The molecule has 0 N–H and O–H groups in total. The molecule has 2 aromatic rings. The molecule has 0 bridgehead atoms. The van der Waals surface area contributed by atoms with Gasteiger partial charge < -0.3 is 14.5 Å². The summed E-state index contributed by atoms with van der Waals surface area (Å²) in [5.41, 5.74) is 0.320. The fourth-order valence-electron chi connectivity index (χ4n) is 3.95. The van der Waals surface area contributed by atoms with Crippen molar-refractivity contribution in [3.63, 3.8) is 0 Å². The van der Waals surface area contributed by atoms with Crippen LogP contribution in [-0.2, 0) is 9.59 Å². The minimum Gasteiger partial charge on any atom is -0.484 e. The maximum atomic E-state index is 13.5. The van der Waals surface area contributed by atoms with Gasteiger partial charge in [0.25, 0.3) is 5.91 Å². The Morgan fingerprint density at radius 1 is 1.11 bits per heavy atom. The number of para-hydroxylation sites is 1. The first kappa shape index (κ1) is 17.5. The van der Waals surface area contributed by atoms with E-state index in [0.29, 0.717) is 37.5 Å². The Labute approximate surface area is 157 Å². The topological polar surface area (TPSA) is 49.9 Å². The van der Waals surface area contributed by atoms with Crippen molar-refractivity contribution in [3.8, 4) is 5.75 Å². The lowest BCUT2D eigenvalue weighted by molar-refractivity contribution is -0.132. The predicted molar refractivity (Wildman–Crippen MR) is 98.9 cm³/mol. The molecule has 1 spiro atoms. The zero-order valence-corrected chi connectivity index (χ0v) is 14.9. The van der Waals surface area contributed by atoms with Gasteiger partial charge in [-0.2, -0.15) is 0 Å². The minimum atomic E-state index is -0.359. The molecule has 0 saturated carbocycles. The van der Waals surface area contributed by atoms with E-state index < -0.39 is 0 Å². The summed E-state index contributed by atoms with van der Waals surface area (Å²) in [4.78, 5) is 28.4. The molecule has 0 aliphatic carbocycles. The zero-order chi connectivity index (χ0) is 18.9. The number of benzene rings is 2. The first-order valence-electron chi connectivity index (χ1n) is 9.06. The third-order valence-corrected chi connectivity index (χ3v) is 5.34. The van der Waals surface area contributed by atoms with Crippen molar-refractivity contribution in [2.24, 2.45) is 5.41 Å². The number of amides is 2. The van der Waals surface area contributed by atoms with Crippen LogP contribution in [0.15, 0.2) is 54.6 Å². The van der Waals surface area contributed by atoms with Crippen LogP contribution in [0.2, 0.25) is 0 Å². The van der Waals surface area contributed by atoms with E-state index in [1.165, 1.54) is 12.1 Å². The van der Waals surface area contributed by atoms with Crippen molar-refractivity contribution in [1.82, 2.24) is 4.90 Å². The van der Waals surface area contributed by atoms with E-state index in [1.54, 1.807) is 21.9 Å². The van der Waals surface area contributed by atoms with Crippen LogP contribution in [-0.4, -0.2) is 43.0 Å². The number of nitrogens with zero attached hydrogens (tertiary/aromatic N) is 2. The van der Waals surface area contributed by atoms with Crippen LogP contribution in [0.3, 0.4) is 0 Å². The molecule has 6 heteroatoms. The molecule has 140 valence electrons. The Morgan fingerprint density at radius 2 is 1.93 bits per heavy atom. The van der Waals surface area contributed by atoms with Gasteiger partial charge in [-0.3, -0.25) is 9.59 Å². The molecule has 2 heterocycles. The molecule has 2 aliphatic heterocycles. The maximum absolute atomic E-state index is 13.5. The molecule has 2 fully saturated rings. The van der Waals surface area contributed by atoms with Crippen molar-refractivity contribution in [2.75, 3.05) is 31.1 Å². The van der Waals surface area contributed by atoms with Crippen LogP contribution in [0.1, 0.15) is 12.8 Å². The third kappa shape index (κ3) is 3.65. The molecule has 1 atom stereocenters. The normalized spacial score (nSPS) is 21.9. The Hall–Kier alpha value is -2.89. The number of halogens is 1. The number of ether oxygens (including phenoxy) is 1. The largest absolute Gasteiger partial charge is 0.484 e. The first-order chi connectivity index (χ1) is 13.0. The molecule has 4 rings (SSSR count). The second-order valence-corrected chi connectivity index (χ2v) is 7.30. The summed E-state index contributed by atoms with van der Waals surface area (Å²) >= 11 is 0. The second kappa shape index (κ2) is 7.02. The van der Waals surface area contributed by atoms with Crippen LogP contribution in [0, 0.1) is 11.2 Å². The molecule has 2 aliphatic rings. The molecule has 0 unspecified atom stereocenters. The average Bonchev–Trinajstić information content (AvgIpc) is 3.23. The highest BCUT2D eigenvalue weighted by atomic mass is 19.1. The van der Waals surface area contributed by atoms with E-state index in [1.807, 2.05) is 30.3 Å². The van der Waals surface area contributed by atoms with Gasteiger partial charge in [-0.25, -0.2) is 4.39 Å². The summed E-state index contributed by atoms with van der Waals surface area (Å²) in [5.74, 6) is 0.207. The number of carbonyl (C=O) groups excluding carboxylic acids is 2. The summed E-state index contributed by atoms with van der Waals surface area (Å²) in [5, 5.41) is 0. The fraction of sp³-hybridized carbons (Fsp3) is 0.333. The van der Waals surface area contributed by atoms with Crippen molar-refractivity contribution in [3.05, 3.63) is 60.4 Å². The number of carbonyl (C=O) groups is 2. The monoisotopic (exact) mass is 368 g/mol. The van der Waals surface area contributed by atoms with E-state index in [-0.39, 0.29) is 29.7 Å². The van der Waals surface area contributed by atoms with Crippen molar-refractivity contribution in [1.29, 1.82) is 0 Å². The van der Waals surface area contributed by atoms with Gasteiger partial charge in [0.15, 0.2) is 6.61 Å². The van der Waals surface area contributed by atoms with E-state index in [0.717, 1.165) is 6.42 Å². The summed E-state index contributed by atoms with van der Waals surface area (Å²) < 4.78 is 19.1. The Balaban J connectivity index is 1.38. The number of rotatable bonds is 4. The molecule has 2 saturated heterocycles. The quantitative estimate of drug-likeness (QED) is 0.834. The molecule has 2 amide bonds. The summed E-state index contributed by atoms with van der Waals surface area (Å²) in [7, 11) is 0. The molecule has 0 aromatic heterocycles. The summed E-state index contributed by atoms with van der Waals surface area (Å²) in [6, 6.07) is 15.3. The van der Waals surface area contributed by atoms with Gasteiger partial charge >= 0.3 is 0 Å². The van der Waals surface area contributed by atoms with Gasteiger partial charge in [0, 0.05) is 37.2 Å². The highest BCUT2D eigenvalue weighted by molar-refractivity contribution is 5.96. The Bertz CT molecular complexity index is 858. The lowest BCUT2D eigenvalue weighted by Gasteiger charge is -2.24. The van der Waals surface area contributed by atoms with E-state index in [9.17, 15) is 14.0 Å². The molecule has 0 radical (unpaired) electrons. The fourth-order valence-corrected chi connectivity index (χ4v) is 3.95. The number of likely N-dealkylation sites (tertiary alicyclic amines) is 1. The standard InChI is InChI=1S/C21H21FN2O3/c22-16-5-4-6-17(11-16)24-15-21(12-19(24)25)9-10-23(14-21)20(26)13-27-18-7-2-1-3-8-18/h1-8,11H,9-10,12-15H2/t21-/m1/s1. The molecular formula is C21H21FN2O3. The lowest BCUT2D eigenvalue weighted by atomic mass is 9.86. The van der Waals surface area contributed by atoms with Gasteiger partial charge in [0.05, 0.1) is 0 Å². The van der Waals surface area contributed by atoms with Crippen LogP contribution in [0.25, 0.3) is 0 Å². The highest BCUT2D eigenvalue weighted by Crippen LogP contribution is 2.41. The SMILES string of the molecule is O=C(COc1ccccc1)N1CC[C@@]2(CC(=O)N(c3cccc(F)c3)C2)C1. The molecule has 27 heavy (non-hydrogen) atoms. The van der Waals surface area contributed by atoms with Gasteiger partial charge in [0.1, 0.15) is 11.6 Å². The second-order valence-electron chi connectivity index (χ2n) is 7.30. The van der Waals surface area contributed by atoms with Gasteiger partial charge in [-0.1, -0.05) is 24.3 Å². The number of hydrogen-bond acceptors (Lipinski definition) is 3. The van der Waals surface area contributed by atoms with Gasteiger partial charge in [0.2, 0.25) is 5.91 Å². The summed E-state index contributed by atoms with van der Waals surface area (Å²) in [6.45, 7) is 1.64. The summed E-state index contributed by atoms with van der Waals surface area (Å²) in [6.07, 6.45) is 1.15. The van der Waals surface area contributed by atoms with Crippen LogP contribution in [0.4, 0.5) is 10.1 Å². The van der Waals surface area contributed by atoms with E-state index >= 15 is 0 Å². The van der Waals surface area contributed by atoms with Crippen LogP contribution < -0.4 is 9.64 Å². The average molecular weight is 368 g/mol. The van der Waals surface area contributed by atoms with Crippen molar-refractivity contribution in [2.45, 2.75) is 12.8 Å². The van der Waals surface area contributed by atoms with Crippen molar-refractivity contribution >= 4 is 17.5 Å². The van der Waals surface area contributed by atoms with E-state index in [4.69, 9.17) is 4.74 Å². The zero-order valence-electron chi connectivity index (χ0n) is 14.9. The number of hydrogen-bond donors (Lipinski definition) is 0. The Kier molecular flexibility index (Phi) is 4.56. The smallest absolute Gasteiger partial charge is 0.260 e. The molecule has 2 aromatic carbocycles. The minimum absolute atomic E-state index is 0.0123. The maximum Gasteiger partial charge on any atom is 0.260 e. The van der Waals surface area contributed by atoms with Crippen LogP contribution >= 0.6 is 0 Å². The number of anilines is 1. The molecule has 5 nitrogen and oxygen atoms in total. The van der Waals surface area contributed by atoms with E-state index in [2.05, 4.69) is 0 Å². The lowest BCUT2D eigenvalue weighted by Crippen LogP contribution is -2.36.